The van der Waals surface area contributed by atoms with E-state index < -0.39 is 0 Å². The predicted molar refractivity (Wildman–Crippen MR) is 79.8 cm³/mol. The van der Waals surface area contributed by atoms with Crippen LogP contribution in [0, 0.1) is 5.92 Å². The Labute approximate surface area is 117 Å². The van der Waals surface area contributed by atoms with Gasteiger partial charge in [0.25, 0.3) is 0 Å². The van der Waals surface area contributed by atoms with Gasteiger partial charge in [-0.15, -0.1) is 0 Å². The smallest absolute Gasteiger partial charge is 0.134 e. The number of rotatable bonds is 4. The van der Waals surface area contributed by atoms with E-state index in [0.29, 0.717) is 12.0 Å². The van der Waals surface area contributed by atoms with Crippen LogP contribution in [0.2, 0.25) is 0 Å². The van der Waals surface area contributed by atoms with Gasteiger partial charge in [-0.05, 0) is 44.0 Å². The van der Waals surface area contributed by atoms with Crippen LogP contribution in [0.5, 0.6) is 0 Å². The highest BCUT2D eigenvalue weighted by Gasteiger charge is 2.15. The van der Waals surface area contributed by atoms with Crippen molar-refractivity contribution in [3.05, 3.63) is 34.5 Å². The second-order valence-corrected chi connectivity index (χ2v) is 6.17. The standard InChI is InChI=1S/C15H20BrNO/c1-9(2)10(3)17-11(4)15-8-12-7-13(16)5-6-14(12)18-15/h5-11,17H,1-4H3. The van der Waals surface area contributed by atoms with Gasteiger partial charge in [0.2, 0.25) is 0 Å². The molecule has 98 valence electrons. The highest BCUT2D eigenvalue weighted by Crippen LogP contribution is 2.27. The molecule has 0 radical (unpaired) electrons. The van der Waals surface area contributed by atoms with Crippen molar-refractivity contribution >= 4 is 26.9 Å². The molecule has 2 unspecified atom stereocenters. The summed E-state index contributed by atoms with van der Waals surface area (Å²) in [5.41, 5.74) is 0.944. The molecular weight excluding hydrogens is 290 g/mol. The molecule has 18 heavy (non-hydrogen) atoms. The Morgan fingerprint density at radius 3 is 2.50 bits per heavy atom. The molecule has 1 aromatic heterocycles. The molecule has 1 heterocycles. The number of nitrogens with one attached hydrogen (secondary N) is 1. The van der Waals surface area contributed by atoms with Gasteiger partial charge in [-0.2, -0.15) is 0 Å². The molecular formula is C15H20BrNO. The van der Waals surface area contributed by atoms with Crippen LogP contribution in [0.1, 0.15) is 39.5 Å². The summed E-state index contributed by atoms with van der Waals surface area (Å²) in [4.78, 5) is 0. The molecule has 0 amide bonds. The van der Waals surface area contributed by atoms with Crippen LogP contribution in [0.25, 0.3) is 11.0 Å². The van der Waals surface area contributed by atoms with Crippen LogP contribution in [-0.2, 0) is 0 Å². The van der Waals surface area contributed by atoms with Gasteiger partial charge in [0.1, 0.15) is 11.3 Å². The van der Waals surface area contributed by atoms with Crippen molar-refractivity contribution in [1.82, 2.24) is 5.32 Å². The van der Waals surface area contributed by atoms with E-state index in [-0.39, 0.29) is 6.04 Å². The second-order valence-electron chi connectivity index (χ2n) is 5.25. The van der Waals surface area contributed by atoms with E-state index in [9.17, 15) is 0 Å². The van der Waals surface area contributed by atoms with E-state index in [1.807, 2.05) is 12.1 Å². The molecule has 2 atom stereocenters. The van der Waals surface area contributed by atoms with E-state index in [1.165, 1.54) is 0 Å². The maximum atomic E-state index is 5.88. The number of furan rings is 1. The third-order valence-corrected chi connectivity index (χ3v) is 3.93. The third kappa shape index (κ3) is 2.96. The number of hydrogen-bond donors (Lipinski definition) is 1. The molecule has 1 aromatic carbocycles. The Morgan fingerprint density at radius 1 is 1.11 bits per heavy atom. The lowest BCUT2D eigenvalue weighted by Gasteiger charge is -2.21. The summed E-state index contributed by atoms with van der Waals surface area (Å²) in [5, 5.41) is 4.71. The van der Waals surface area contributed by atoms with E-state index in [1.54, 1.807) is 0 Å². The Bertz CT molecular complexity index is 532. The van der Waals surface area contributed by atoms with Gasteiger partial charge in [-0.3, -0.25) is 0 Å². The molecule has 0 aliphatic heterocycles. The minimum Gasteiger partial charge on any atom is -0.459 e. The van der Waals surface area contributed by atoms with Crippen LogP contribution in [0.4, 0.5) is 0 Å². The fourth-order valence-electron chi connectivity index (χ4n) is 1.92. The van der Waals surface area contributed by atoms with E-state index in [2.05, 4.69) is 61.1 Å². The van der Waals surface area contributed by atoms with Crippen molar-refractivity contribution in [3.8, 4) is 0 Å². The van der Waals surface area contributed by atoms with Crippen LogP contribution >= 0.6 is 15.9 Å². The fourth-order valence-corrected chi connectivity index (χ4v) is 2.30. The SMILES string of the molecule is CC(NC(C)C(C)C)c1cc2cc(Br)ccc2o1. The molecule has 0 aliphatic carbocycles. The highest BCUT2D eigenvalue weighted by atomic mass is 79.9. The summed E-state index contributed by atoms with van der Waals surface area (Å²) >= 11 is 3.48. The van der Waals surface area contributed by atoms with Crippen molar-refractivity contribution in [3.63, 3.8) is 0 Å². The first-order valence-corrected chi connectivity index (χ1v) is 7.21. The zero-order valence-corrected chi connectivity index (χ0v) is 12.9. The quantitative estimate of drug-likeness (QED) is 0.869. The normalized spacial score (nSPS) is 15.2. The molecule has 0 bridgehead atoms. The first-order chi connectivity index (χ1) is 8.47. The maximum absolute atomic E-state index is 5.88. The summed E-state index contributed by atoms with van der Waals surface area (Å²) in [6.07, 6.45) is 0. The van der Waals surface area contributed by atoms with Crippen molar-refractivity contribution in [2.45, 2.75) is 39.8 Å². The highest BCUT2D eigenvalue weighted by molar-refractivity contribution is 9.10. The van der Waals surface area contributed by atoms with Gasteiger partial charge in [-0.25, -0.2) is 0 Å². The summed E-state index contributed by atoms with van der Waals surface area (Å²) in [5.74, 6) is 1.61. The van der Waals surface area contributed by atoms with Gasteiger partial charge in [0.15, 0.2) is 0 Å². The largest absolute Gasteiger partial charge is 0.459 e. The average molecular weight is 310 g/mol. The third-order valence-electron chi connectivity index (χ3n) is 3.44. The number of benzene rings is 1. The van der Waals surface area contributed by atoms with Gasteiger partial charge in [0.05, 0.1) is 6.04 Å². The minimum atomic E-state index is 0.230. The first-order valence-electron chi connectivity index (χ1n) is 6.42. The summed E-state index contributed by atoms with van der Waals surface area (Å²) < 4.78 is 6.96. The van der Waals surface area contributed by atoms with Crippen molar-refractivity contribution in [2.24, 2.45) is 5.92 Å². The zero-order valence-electron chi connectivity index (χ0n) is 11.3. The lowest BCUT2D eigenvalue weighted by atomic mass is 10.1. The van der Waals surface area contributed by atoms with Crippen LogP contribution in [0.3, 0.4) is 0 Å². The topological polar surface area (TPSA) is 25.2 Å². The summed E-state index contributed by atoms with van der Waals surface area (Å²) in [7, 11) is 0. The molecule has 0 saturated carbocycles. The van der Waals surface area contributed by atoms with Gasteiger partial charge in [0, 0.05) is 15.9 Å². The molecule has 1 N–H and O–H groups in total. The summed E-state index contributed by atoms with van der Waals surface area (Å²) in [6, 6.07) is 8.91. The molecule has 0 saturated heterocycles. The van der Waals surface area contributed by atoms with Gasteiger partial charge >= 0.3 is 0 Å². The maximum Gasteiger partial charge on any atom is 0.134 e. The molecule has 0 spiro atoms. The molecule has 3 heteroatoms. The van der Waals surface area contributed by atoms with E-state index in [0.717, 1.165) is 21.2 Å². The Hall–Kier alpha value is -0.800. The lowest BCUT2D eigenvalue weighted by Crippen LogP contribution is -2.32. The second kappa shape index (κ2) is 5.45. The monoisotopic (exact) mass is 309 g/mol. The summed E-state index contributed by atoms with van der Waals surface area (Å²) in [6.45, 7) is 8.80. The zero-order chi connectivity index (χ0) is 13.3. The van der Waals surface area contributed by atoms with Crippen LogP contribution in [-0.4, -0.2) is 6.04 Å². The van der Waals surface area contributed by atoms with Crippen molar-refractivity contribution < 1.29 is 4.42 Å². The predicted octanol–water partition coefficient (Wildman–Crippen LogP) is 4.89. The van der Waals surface area contributed by atoms with Gasteiger partial charge < -0.3 is 9.73 Å². The molecule has 2 nitrogen and oxygen atoms in total. The Morgan fingerprint density at radius 2 is 1.83 bits per heavy atom. The van der Waals surface area contributed by atoms with E-state index in [4.69, 9.17) is 4.42 Å². The Kier molecular flexibility index (Phi) is 4.13. The molecule has 0 aliphatic rings. The Balaban J connectivity index is 2.20. The van der Waals surface area contributed by atoms with Crippen molar-refractivity contribution in [1.29, 1.82) is 0 Å². The minimum absolute atomic E-state index is 0.230. The molecule has 2 aromatic rings. The van der Waals surface area contributed by atoms with E-state index >= 15 is 0 Å². The fraction of sp³-hybridized carbons (Fsp3) is 0.467. The molecule has 0 fully saturated rings. The first kappa shape index (κ1) is 13.6. The van der Waals surface area contributed by atoms with Crippen molar-refractivity contribution in [2.75, 3.05) is 0 Å². The van der Waals surface area contributed by atoms with Crippen LogP contribution < -0.4 is 5.32 Å². The number of hydrogen-bond acceptors (Lipinski definition) is 2. The number of halogens is 1. The lowest BCUT2D eigenvalue weighted by molar-refractivity contribution is 0.357. The number of fused-ring (bicyclic) bond motifs is 1. The average Bonchev–Trinajstić information content (AvgIpc) is 2.71. The van der Waals surface area contributed by atoms with Crippen LogP contribution in [0.15, 0.2) is 33.2 Å². The van der Waals surface area contributed by atoms with Gasteiger partial charge in [-0.1, -0.05) is 29.8 Å². The molecule has 2 rings (SSSR count).